The van der Waals surface area contributed by atoms with Crippen LogP contribution in [0.2, 0.25) is 0 Å². The summed E-state index contributed by atoms with van der Waals surface area (Å²) < 4.78 is 34.2. The van der Waals surface area contributed by atoms with Crippen molar-refractivity contribution in [2.75, 3.05) is 13.2 Å². The van der Waals surface area contributed by atoms with Gasteiger partial charge in [-0.3, -0.25) is 4.98 Å². The van der Waals surface area contributed by atoms with E-state index < -0.39 is 10.0 Å². The van der Waals surface area contributed by atoms with Crippen LogP contribution in [0, 0.1) is 6.92 Å². The van der Waals surface area contributed by atoms with Crippen molar-refractivity contribution in [2.24, 2.45) is 0 Å². The maximum absolute atomic E-state index is 13.5. The molecule has 0 amide bonds. The smallest absolute Gasteiger partial charge is 0.245 e. The quantitative estimate of drug-likeness (QED) is 0.638. The van der Waals surface area contributed by atoms with Crippen molar-refractivity contribution < 1.29 is 13.2 Å². The highest BCUT2D eigenvalue weighted by molar-refractivity contribution is 7.89. The molecule has 0 spiro atoms. The van der Waals surface area contributed by atoms with Crippen molar-refractivity contribution in [1.82, 2.24) is 9.29 Å². The first-order valence-corrected chi connectivity index (χ1v) is 11.0. The fraction of sp³-hybridized carbons (Fsp3) is 0.318. The number of aryl methyl sites for hydroxylation is 1. The molecule has 2 heterocycles. The number of rotatable bonds is 5. The molecule has 5 nitrogen and oxygen atoms in total. The summed E-state index contributed by atoms with van der Waals surface area (Å²) in [4.78, 5) is 4.71. The molecule has 1 fully saturated rings. The highest BCUT2D eigenvalue weighted by atomic mass is 32.2. The van der Waals surface area contributed by atoms with Crippen LogP contribution in [0.25, 0.3) is 10.9 Å². The topological polar surface area (TPSA) is 59.5 Å². The van der Waals surface area contributed by atoms with E-state index in [-0.39, 0.29) is 10.9 Å². The Morgan fingerprint density at radius 2 is 1.96 bits per heavy atom. The molecule has 0 radical (unpaired) electrons. The highest BCUT2D eigenvalue weighted by Gasteiger charge is 2.37. The zero-order valence-corrected chi connectivity index (χ0v) is 16.9. The van der Waals surface area contributed by atoms with E-state index in [4.69, 9.17) is 4.74 Å². The van der Waals surface area contributed by atoms with Crippen LogP contribution in [0.3, 0.4) is 0 Å². The maximum Gasteiger partial charge on any atom is 0.245 e. The van der Waals surface area contributed by atoms with Gasteiger partial charge < -0.3 is 4.74 Å². The van der Waals surface area contributed by atoms with Gasteiger partial charge in [-0.2, -0.15) is 4.31 Å². The van der Waals surface area contributed by atoms with Crippen molar-refractivity contribution >= 4 is 20.9 Å². The van der Waals surface area contributed by atoms with Crippen LogP contribution in [0.5, 0.6) is 5.75 Å². The molecular weight excluding hydrogens is 372 g/mol. The van der Waals surface area contributed by atoms with Gasteiger partial charge in [0.1, 0.15) is 10.6 Å². The van der Waals surface area contributed by atoms with Gasteiger partial charge in [0, 0.05) is 18.1 Å². The SMILES string of the molecule is CCOc1ccc(C2CCCN2S(=O)(=O)c2cccc3cc(C)cnc23)cc1. The summed E-state index contributed by atoms with van der Waals surface area (Å²) in [6, 6.07) is 14.9. The number of sulfonamides is 1. The van der Waals surface area contributed by atoms with E-state index in [1.54, 1.807) is 22.6 Å². The minimum Gasteiger partial charge on any atom is -0.494 e. The van der Waals surface area contributed by atoms with Gasteiger partial charge in [0.05, 0.1) is 18.2 Å². The average molecular weight is 397 g/mol. The molecule has 0 saturated carbocycles. The van der Waals surface area contributed by atoms with Gasteiger partial charge >= 0.3 is 0 Å². The van der Waals surface area contributed by atoms with E-state index in [0.29, 0.717) is 18.7 Å². The summed E-state index contributed by atoms with van der Waals surface area (Å²) in [5.41, 5.74) is 2.54. The average Bonchev–Trinajstić information content (AvgIpc) is 3.19. The normalized spacial score (nSPS) is 17.9. The van der Waals surface area contributed by atoms with Crippen LogP contribution in [-0.4, -0.2) is 30.9 Å². The maximum atomic E-state index is 13.5. The summed E-state index contributed by atoms with van der Waals surface area (Å²) in [5.74, 6) is 0.798. The molecule has 3 aromatic rings. The second-order valence-electron chi connectivity index (χ2n) is 7.12. The summed E-state index contributed by atoms with van der Waals surface area (Å²) in [6.07, 6.45) is 3.37. The van der Waals surface area contributed by atoms with E-state index in [9.17, 15) is 8.42 Å². The molecule has 28 heavy (non-hydrogen) atoms. The predicted octanol–water partition coefficient (Wildman–Crippen LogP) is 4.47. The van der Waals surface area contributed by atoms with E-state index in [2.05, 4.69) is 4.98 Å². The van der Waals surface area contributed by atoms with Gasteiger partial charge in [0.2, 0.25) is 10.0 Å². The van der Waals surface area contributed by atoms with Crippen LogP contribution in [0.15, 0.2) is 59.6 Å². The number of hydrogen-bond acceptors (Lipinski definition) is 4. The largest absolute Gasteiger partial charge is 0.494 e. The fourth-order valence-electron chi connectivity index (χ4n) is 3.89. The number of pyridine rings is 1. The number of ether oxygens (including phenoxy) is 1. The minimum absolute atomic E-state index is 0.165. The number of nitrogens with zero attached hydrogens (tertiary/aromatic N) is 2. The second-order valence-corrected chi connectivity index (χ2v) is 8.98. The van der Waals surface area contributed by atoms with E-state index >= 15 is 0 Å². The van der Waals surface area contributed by atoms with Gasteiger partial charge in [-0.15, -0.1) is 0 Å². The molecule has 2 aromatic carbocycles. The Bertz CT molecular complexity index is 1090. The lowest BCUT2D eigenvalue weighted by atomic mass is 10.1. The molecule has 1 aliphatic rings. The lowest BCUT2D eigenvalue weighted by Crippen LogP contribution is -2.31. The molecule has 1 aliphatic heterocycles. The van der Waals surface area contributed by atoms with Gasteiger partial charge in [0.25, 0.3) is 0 Å². The van der Waals surface area contributed by atoms with Gasteiger partial charge in [-0.05, 0) is 62.1 Å². The molecule has 0 N–H and O–H groups in total. The number of aromatic nitrogens is 1. The Hall–Kier alpha value is -2.44. The molecule has 146 valence electrons. The number of fused-ring (bicyclic) bond motifs is 1. The summed E-state index contributed by atoms with van der Waals surface area (Å²) in [5, 5.41) is 0.845. The first kappa shape index (κ1) is 18.9. The molecule has 0 aliphatic carbocycles. The molecule has 1 unspecified atom stereocenters. The third kappa shape index (κ3) is 3.38. The van der Waals surface area contributed by atoms with E-state index in [1.807, 2.05) is 50.2 Å². The number of hydrogen-bond donors (Lipinski definition) is 0. The van der Waals surface area contributed by atoms with Crippen LogP contribution in [-0.2, 0) is 10.0 Å². The number of benzene rings is 2. The Labute approximate surface area is 166 Å². The Morgan fingerprint density at radius 3 is 2.71 bits per heavy atom. The van der Waals surface area contributed by atoms with Crippen LogP contribution in [0.1, 0.15) is 36.9 Å². The van der Waals surface area contributed by atoms with Gasteiger partial charge in [0.15, 0.2) is 0 Å². The third-order valence-corrected chi connectivity index (χ3v) is 7.12. The van der Waals surface area contributed by atoms with Crippen molar-refractivity contribution in [2.45, 2.75) is 37.6 Å². The van der Waals surface area contributed by atoms with Crippen LogP contribution in [0.4, 0.5) is 0 Å². The lowest BCUT2D eigenvalue weighted by molar-refractivity contribution is 0.339. The summed E-state index contributed by atoms with van der Waals surface area (Å²) in [7, 11) is -3.66. The van der Waals surface area contributed by atoms with Gasteiger partial charge in [-0.1, -0.05) is 24.3 Å². The standard InChI is InChI=1S/C22H24N2O3S/c1-3-27-19-11-9-17(10-12-19)20-7-5-13-24(20)28(25,26)21-8-4-6-18-14-16(2)15-23-22(18)21/h4,6,8-12,14-15,20H,3,5,7,13H2,1-2H3. The zero-order valence-electron chi connectivity index (χ0n) is 16.1. The Kier molecular flexibility index (Phi) is 5.08. The molecule has 0 bridgehead atoms. The van der Waals surface area contributed by atoms with Crippen molar-refractivity contribution in [3.63, 3.8) is 0 Å². The molecular formula is C22H24N2O3S. The predicted molar refractivity (Wildman–Crippen MR) is 110 cm³/mol. The second kappa shape index (κ2) is 7.53. The molecule has 1 aromatic heterocycles. The zero-order chi connectivity index (χ0) is 19.7. The molecule has 1 saturated heterocycles. The van der Waals surface area contributed by atoms with Crippen molar-refractivity contribution in [3.05, 3.63) is 65.9 Å². The van der Waals surface area contributed by atoms with E-state index in [0.717, 1.165) is 35.1 Å². The van der Waals surface area contributed by atoms with Crippen molar-refractivity contribution in [3.8, 4) is 5.75 Å². The van der Waals surface area contributed by atoms with Gasteiger partial charge in [-0.25, -0.2) is 8.42 Å². The first-order valence-electron chi connectivity index (χ1n) is 9.60. The first-order chi connectivity index (χ1) is 13.5. The lowest BCUT2D eigenvalue weighted by Gasteiger charge is -2.25. The van der Waals surface area contributed by atoms with Crippen molar-refractivity contribution in [1.29, 1.82) is 0 Å². The molecule has 6 heteroatoms. The van der Waals surface area contributed by atoms with E-state index in [1.165, 1.54) is 0 Å². The summed E-state index contributed by atoms with van der Waals surface area (Å²) >= 11 is 0. The minimum atomic E-state index is -3.66. The Balaban J connectivity index is 1.72. The van der Waals surface area contributed by atoms with Crippen LogP contribution < -0.4 is 4.74 Å². The monoisotopic (exact) mass is 396 g/mol. The summed E-state index contributed by atoms with van der Waals surface area (Å²) in [6.45, 7) is 5.02. The van der Waals surface area contributed by atoms with Crippen LogP contribution >= 0.6 is 0 Å². The fourth-order valence-corrected chi connectivity index (χ4v) is 5.74. The number of para-hydroxylation sites is 1. The third-order valence-electron chi connectivity index (χ3n) is 5.18. The Morgan fingerprint density at radius 1 is 1.18 bits per heavy atom. The highest BCUT2D eigenvalue weighted by Crippen LogP contribution is 2.38. The molecule has 4 rings (SSSR count). The molecule has 1 atom stereocenters.